The van der Waals surface area contributed by atoms with Crippen LogP contribution in [0.15, 0.2) is 59.9 Å². The predicted molar refractivity (Wildman–Crippen MR) is 126 cm³/mol. The Hall–Kier alpha value is -3.11. The van der Waals surface area contributed by atoms with Crippen molar-refractivity contribution in [1.29, 1.82) is 0 Å². The normalized spacial score (nSPS) is 20.4. The minimum Gasteiger partial charge on any atom is -0.367 e. The van der Waals surface area contributed by atoms with Crippen molar-refractivity contribution in [2.24, 2.45) is 5.92 Å². The fourth-order valence-electron chi connectivity index (χ4n) is 4.78. The molecule has 2 saturated heterocycles. The summed E-state index contributed by atoms with van der Waals surface area (Å²) in [6.45, 7) is 2.82. The molecule has 34 heavy (non-hydrogen) atoms. The number of hydrogen-bond donors (Lipinski definition) is 0. The number of nitrogens with zero attached hydrogens (tertiary/aromatic N) is 5. The van der Waals surface area contributed by atoms with E-state index in [4.69, 9.17) is 1.37 Å². The maximum atomic E-state index is 13.6. The first-order chi connectivity index (χ1) is 16.8. The van der Waals surface area contributed by atoms with Crippen LogP contribution in [0, 0.1) is 11.7 Å². The molecule has 2 fully saturated rings. The van der Waals surface area contributed by atoms with E-state index in [0.717, 1.165) is 11.1 Å². The van der Waals surface area contributed by atoms with Crippen molar-refractivity contribution in [3.63, 3.8) is 0 Å². The molecule has 0 radical (unpaired) electrons. The van der Waals surface area contributed by atoms with Gasteiger partial charge in [-0.2, -0.15) is 4.31 Å². The molecule has 1 amide bonds. The maximum absolute atomic E-state index is 13.6. The minimum absolute atomic E-state index is 0.00159. The topological polar surface area (TPSA) is 86.7 Å². The summed E-state index contributed by atoms with van der Waals surface area (Å²) in [5, 5.41) is 0.870. The Balaban J connectivity index is 1.24. The van der Waals surface area contributed by atoms with Gasteiger partial charge in [0.2, 0.25) is 15.9 Å². The van der Waals surface area contributed by atoms with Crippen molar-refractivity contribution >= 4 is 32.5 Å². The zero-order chi connectivity index (χ0) is 24.6. The zero-order valence-corrected chi connectivity index (χ0v) is 19.4. The monoisotopic (exact) mass is 484 g/mol. The van der Waals surface area contributed by atoms with Gasteiger partial charge in [0.15, 0.2) is 0 Å². The highest BCUT2D eigenvalue weighted by molar-refractivity contribution is 7.89. The van der Waals surface area contributed by atoms with E-state index < -0.39 is 15.9 Å². The van der Waals surface area contributed by atoms with Crippen LogP contribution in [-0.4, -0.2) is 72.8 Å². The van der Waals surface area contributed by atoms with Crippen molar-refractivity contribution in [1.82, 2.24) is 19.2 Å². The van der Waals surface area contributed by atoms with Crippen molar-refractivity contribution < 1.29 is 19.0 Å². The first-order valence-corrected chi connectivity index (χ1v) is 12.8. The summed E-state index contributed by atoms with van der Waals surface area (Å²) < 4.78 is 48.5. The van der Waals surface area contributed by atoms with Gasteiger partial charge in [-0.25, -0.2) is 12.8 Å². The molecule has 0 N–H and O–H groups in total. The summed E-state index contributed by atoms with van der Waals surface area (Å²) in [6.07, 6.45) is 4.12. The Morgan fingerprint density at radius 1 is 1.12 bits per heavy atom. The van der Waals surface area contributed by atoms with Gasteiger partial charge in [-0.3, -0.25) is 14.8 Å². The molecule has 0 aliphatic carbocycles. The van der Waals surface area contributed by atoms with E-state index >= 15 is 0 Å². The molecule has 1 unspecified atom stereocenters. The molecule has 0 saturated carbocycles. The van der Waals surface area contributed by atoms with Gasteiger partial charge in [0.25, 0.3) is 0 Å². The zero-order valence-electron chi connectivity index (χ0n) is 19.6. The lowest BCUT2D eigenvalue weighted by Crippen LogP contribution is -2.53. The minimum atomic E-state index is -3.77. The van der Waals surface area contributed by atoms with Gasteiger partial charge >= 0.3 is 0 Å². The summed E-state index contributed by atoms with van der Waals surface area (Å²) in [7, 11) is -3.77. The summed E-state index contributed by atoms with van der Waals surface area (Å²) in [4.78, 5) is 25.4. The van der Waals surface area contributed by atoms with Gasteiger partial charge in [0.1, 0.15) is 10.7 Å². The summed E-state index contributed by atoms with van der Waals surface area (Å²) in [5.41, 5.74) is 1.56. The third-order valence-corrected chi connectivity index (χ3v) is 8.42. The number of sulfonamides is 1. The number of carbonyl (C=O) groups is 1. The molecule has 1 aromatic carbocycles. The number of benzene rings is 1. The van der Waals surface area contributed by atoms with E-state index in [1.54, 1.807) is 12.3 Å². The second-order valence-corrected chi connectivity index (χ2v) is 10.6. The maximum Gasteiger partial charge on any atom is 0.244 e. The Kier molecular flexibility index (Phi) is 5.84. The second kappa shape index (κ2) is 9.27. The number of halogens is 1. The Bertz CT molecular complexity index is 1350. The number of anilines is 1. The number of rotatable bonds is 4. The quantitative estimate of drug-likeness (QED) is 0.566. The lowest BCUT2D eigenvalue weighted by molar-refractivity contribution is -0.137. The van der Waals surface area contributed by atoms with E-state index in [1.807, 2.05) is 11.0 Å². The number of amides is 1. The van der Waals surface area contributed by atoms with Gasteiger partial charge in [-0.15, -0.1) is 0 Å². The average molecular weight is 485 g/mol. The number of hydrogen-bond acceptors (Lipinski definition) is 6. The molecular formula is C24H26FN5O3S. The molecule has 4 heterocycles. The van der Waals surface area contributed by atoms with E-state index in [1.165, 1.54) is 34.8 Å². The molecule has 0 bridgehead atoms. The van der Waals surface area contributed by atoms with E-state index in [-0.39, 0.29) is 29.3 Å². The molecule has 8 nitrogen and oxygen atoms in total. The summed E-state index contributed by atoms with van der Waals surface area (Å²) >= 11 is 0. The van der Waals surface area contributed by atoms with Gasteiger partial charge in [0.05, 0.1) is 12.8 Å². The molecule has 3 aromatic rings. The third-order valence-electron chi connectivity index (χ3n) is 6.57. The molecule has 2 aliphatic rings. The van der Waals surface area contributed by atoms with Crippen LogP contribution in [-0.2, 0) is 14.8 Å². The predicted octanol–water partition coefficient (Wildman–Crippen LogP) is 2.52. The van der Waals surface area contributed by atoms with Gasteiger partial charge < -0.3 is 9.80 Å². The Morgan fingerprint density at radius 2 is 1.94 bits per heavy atom. The van der Waals surface area contributed by atoms with Crippen molar-refractivity contribution in [2.75, 3.05) is 44.2 Å². The fraction of sp³-hybridized carbons (Fsp3) is 0.375. The van der Waals surface area contributed by atoms with Crippen LogP contribution in [0.3, 0.4) is 0 Å². The number of pyridine rings is 2. The van der Waals surface area contributed by atoms with Gasteiger partial charge in [-0.05, 0) is 43.2 Å². The van der Waals surface area contributed by atoms with Crippen LogP contribution >= 0.6 is 0 Å². The van der Waals surface area contributed by atoms with Gasteiger partial charge in [0, 0.05) is 75.0 Å². The van der Waals surface area contributed by atoms with Crippen LogP contribution in [0.4, 0.5) is 10.1 Å². The summed E-state index contributed by atoms with van der Waals surface area (Å²) in [6, 6.07) is 9.21. The third kappa shape index (κ3) is 4.35. The fourth-order valence-corrected chi connectivity index (χ4v) is 6.25. The Labute approximate surface area is 199 Å². The van der Waals surface area contributed by atoms with E-state index in [0.29, 0.717) is 51.1 Å². The highest BCUT2D eigenvalue weighted by Crippen LogP contribution is 2.28. The standard InChI is InChI=1S/C24H26FN5O3S/c25-19-5-6-21-22(15-19)27-9-7-23(21)28-11-13-29(14-12-28)24(31)18-3-2-10-30(17-18)34(32,33)20-4-1-8-26-16-20/h1,4-9,15-16,18H,2-3,10-14,17H2/i8D. The number of aromatic nitrogens is 2. The van der Waals surface area contributed by atoms with Crippen LogP contribution < -0.4 is 4.90 Å². The number of piperazine rings is 1. The highest BCUT2D eigenvalue weighted by atomic mass is 32.2. The largest absolute Gasteiger partial charge is 0.367 e. The molecule has 2 aromatic heterocycles. The molecule has 1 atom stereocenters. The highest BCUT2D eigenvalue weighted by Gasteiger charge is 2.36. The first-order valence-electron chi connectivity index (χ1n) is 11.8. The molecule has 178 valence electrons. The Morgan fingerprint density at radius 3 is 2.71 bits per heavy atom. The van der Waals surface area contributed by atoms with Crippen molar-refractivity contribution in [3.8, 4) is 0 Å². The molecule has 10 heteroatoms. The summed E-state index contributed by atoms with van der Waals surface area (Å²) in [5.74, 6) is -0.741. The lowest BCUT2D eigenvalue weighted by atomic mass is 9.97. The molecule has 5 rings (SSSR count). The number of fused-ring (bicyclic) bond motifs is 1. The smallest absolute Gasteiger partial charge is 0.244 e. The molecule has 0 spiro atoms. The lowest BCUT2D eigenvalue weighted by Gasteiger charge is -2.39. The van der Waals surface area contributed by atoms with Crippen molar-refractivity contribution in [2.45, 2.75) is 17.7 Å². The van der Waals surface area contributed by atoms with Crippen LogP contribution in [0.1, 0.15) is 14.2 Å². The molecule has 2 aliphatic heterocycles. The van der Waals surface area contributed by atoms with E-state index in [9.17, 15) is 17.6 Å². The van der Waals surface area contributed by atoms with Crippen LogP contribution in [0.25, 0.3) is 10.9 Å². The van der Waals surface area contributed by atoms with Gasteiger partial charge in [-0.1, -0.05) is 0 Å². The number of piperidine rings is 1. The van der Waals surface area contributed by atoms with E-state index in [2.05, 4.69) is 14.9 Å². The average Bonchev–Trinajstić information content (AvgIpc) is 2.88. The molecular weight excluding hydrogens is 457 g/mol. The van der Waals surface area contributed by atoms with Crippen LogP contribution in [0.2, 0.25) is 0 Å². The second-order valence-electron chi connectivity index (χ2n) is 8.63. The van der Waals surface area contributed by atoms with Crippen molar-refractivity contribution in [3.05, 3.63) is 60.8 Å². The van der Waals surface area contributed by atoms with Crippen LogP contribution in [0.5, 0.6) is 0 Å². The first kappa shape index (κ1) is 21.4. The SMILES string of the molecule is [2H]c1ccc(S(=O)(=O)N2CCCC(C(=O)N3CCN(c4ccnc5cc(F)ccc45)CC3)C2)cn1. The number of carbonyl (C=O) groups excluding carboxylic acids is 1.